The number of halogens is 5. The highest BCUT2D eigenvalue weighted by Crippen LogP contribution is 2.43. The van der Waals surface area contributed by atoms with Crippen LogP contribution in [0.1, 0.15) is 39.2 Å². The number of fused-ring (bicyclic) bond motifs is 1. The van der Waals surface area contributed by atoms with Crippen LogP contribution in [0.25, 0.3) is 0 Å². The highest BCUT2D eigenvalue weighted by atomic mass is 35.5. The average Bonchev–Trinajstić information content (AvgIpc) is 3.34. The molecule has 2 N–H and O–H groups in total. The van der Waals surface area contributed by atoms with Crippen molar-refractivity contribution in [1.29, 1.82) is 0 Å². The molecule has 0 bridgehead atoms. The molecule has 2 aliphatic heterocycles. The average molecular weight is 631 g/mol. The number of pyridine rings is 1. The van der Waals surface area contributed by atoms with E-state index in [1.165, 1.54) is 21.9 Å². The second-order valence-corrected chi connectivity index (χ2v) is 11.4. The number of aromatic nitrogens is 1. The number of nitrogens with one attached hydrogen (secondary N) is 1. The fourth-order valence-electron chi connectivity index (χ4n) is 4.51. The zero-order chi connectivity index (χ0) is 28.8. The molecule has 3 aromatic rings. The number of benzene rings is 2. The van der Waals surface area contributed by atoms with E-state index in [0.29, 0.717) is 30.8 Å². The summed E-state index contributed by atoms with van der Waals surface area (Å²) < 4.78 is 33.2. The number of aliphatic hydroxyl groups excluding tert-OH is 1. The molecule has 0 saturated carbocycles. The monoisotopic (exact) mass is 629 g/mol. The molecule has 8 nitrogen and oxygen atoms in total. The third-order valence-corrected chi connectivity index (χ3v) is 8.86. The van der Waals surface area contributed by atoms with Crippen LogP contribution in [0.15, 0.2) is 51.0 Å². The molecule has 5 rings (SSSR count). The molecule has 2 aromatic carbocycles. The van der Waals surface area contributed by atoms with Crippen LogP contribution in [0.4, 0.5) is 19.3 Å². The Hall–Kier alpha value is -2.83. The smallest absolute Gasteiger partial charge is 0.414 e. The van der Waals surface area contributed by atoms with Crippen LogP contribution >= 0.6 is 46.6 Å². The number of amides is 2. The van der Waals surface area contributed by atoms with Gasteiger partial charge in [0, 0.05) is 35.1 Å². The highest BCUT2D eigenvalue weighted by Gasteiger charge is 2.35. The lowest BCUT2D eigenvalue weighted by Gasteiger charge is -2.26. The molecule has 210 valence electrons. The van der Waals surface area contributed by atoms with Crippen molar-refractivity contribution in [2.75, 3.05) is 18.1 Å². The van der Waals surface area contributed by atoms with Crippen molar-refractivity contribution in [3.63, 3.8) is 0 Å². The zero-order valence-electron chi connectivity index (χ0n) is 20.5. The quantitative estimate of drug-likeness (QED) is 0.319. The van der Waals surface area contributed by atoms with E-state index < -0.39 is 40.8 Å². The molecule has 0 radical (unpaired) electrons. The predicted molar refractivity (Wildman–Crippen MR) is 147 cm³/mol. The zero-order valence-corrected chi connectivity index (χ0v) is 23.6. The minimum Gasteiger partial charge on any atom is -0.449 e. The Kier molecular flexibility index (Phi) is 8.04. The fourth-order valence-corrected chi connectivity index (χ4v) is 6.34. The number of hydrogen-bond acceptors (Lipinski definition) is 6. The first-order valence-corrected chi connectivity index (χ1v) is 13.9. The number of hydrogen-bond donors (Lipinski definition) is 2. The molecule has 2 amide bonds. The number of rotatable bonds is 6. The maximum Gasteiger partial charge on any atom is 0.414 e. The topological polar surface area (TPSA) is 103 Å². The highest BCUT2D eigenvalue weighted by molar-refractivity contribution is 7.99. The number of aliphatic hydroxyl groups is 1. The number of anilines is 1. The third-order valence-electron chi connectivity index (χ3n) is 6.51. The SMILES string of the molecule is O=C(c1c(Sc2c(Cl)ccc(CO)c2Cl)cc(C(F)(F)Cl)[nH]c1=O)N1Cc2ccc(N3CCCOC3=O)cc2C1. The standard InChI is InChI=1S/C26H20Cl3F2N3O5S/c27-17-5-3-14(12-35)21(28)22(17)40-18-9-19(26(29,30)31)32-23(36)20(18)24(37)33-10-13-2-4-16(8-15(13)11-33)34-6-1-7-39-25(34)38/h2-5,8-9,35H,1,6-7,10-12H2,(H,32,36). The van der Waals surface area contributed by atoms with Crippen LogP contribution in [-0.4, -0.2) is 40.1 Å². The van der Waals surface area contributed by atoms with Gasteiger partial charge in [0.15, 0.2) is 0 Å². The van der Waals surface area contributed by atoms with Gasteiger partial charge in [-0.25, -0.2) is 4.79 Å². The number of carbonyl (C=O) groups is 2. The first-order chi connectivity index (χ1) is 19.0. The third kappa shape index (κ3) is 5.53. The van der Waals surface area contributed by atoms with Crippen LogP contribution in [0.2, 0.25) is 10.0 Å². The number of aromatic amines is 1. The van der Waals surface area contributed by atoms with Crippen molar-refractivity contribution in [2.24, 2.45) is 0 Å². The lowest BCUT2D eigenvalue weighted by molar-refractivity contribution is 0.0740. The van der Waals surface area contributed by atoms with E-state index in [4.69, 9.17) is 39.5 Å². The van der Waals surface area contributed by atoms with Gasteiger partial charge in [0.25, 0.3) is 11.5 Å². The molecule has 0 atom stereocenters. The Morgan fingerprint density at radius 2 is 1.88 bits per heavy atom. The van der Waals surface area contributed by atoms with Crippen molar-refractivity contribution in [3.8, 4) is 0 Å². The van der Waals surface area contributed by atoms with E-state index in [0.717, 1.165) is 29.0 Å². The van der Waals surface area contributed by atoms with Crippen molar-refractivity contribution in [1.82, 2.24) is 9.88 Å². The van der Waals surface area contributed by atoms with Crippen LogP contribution in [0, 0.1) is 0 Å². The van der Waals surface area contributed by atoms with Crippen molar-refractivity contribution in [3.05, 3.63) is 84.7 Å². The van der Waals surface area contributed by atoms with Crippen LogP contribution in [-0.2, 0) is 29.8 Å². The molecule has 1 aromatic heterocycles. The van der Waals surface area contributed by atoms with Gasteiger partial charge in [-0.1, -0.05) is 47.1 Å². The number of alkyl halides is 3. The van der Waals surface area contributed by atoms with Gasteiger partial charge in [-0.2, -0.15) is 8.78 Å². The second-order valence-electron chi connectivity index (χ2n) is 9.09. The van der Waals surface area contributed by atoms with Crippen LogP contribution in [0.5, 0.6) is 0 Å². The van der Waals surface area contributed by atoms with E-state index in [1.54, 1.807) is 18.2 Å². The normalized spacial score (nSPS) is 15.3. The first kappa shape index (κ1) is 28.7. The summed E-state index contributed by atoms with van der Waals surface area (Å²) >= 11 is 18.6. The molecule has 1 fully saturated rings. The number of ether oxygens (including phenoxy) is 1. The first-order valence-electron chi connectivity index (χ1n) is 11.9. The Labute approximate surface area is 245 Å². The molecule has 2 aliphatic rings. The van der Waals surface area contributed by atoms with Gasteiger partial charge in [-0.05, 0) is 59.0 Å². The maximum absolute atomic E-state index is 14.0. The molecule has 0 unspecified atom stereocenters. The van der Waals surface area contributed by atoms with E-state index in [1.807, 2.05) is 4.98 Å². The van der Waals surface area contributed by atoms with Gasteiger partial charge in [0.1, 0.15) is 11.3 Å². The largest absolute Gasteiger partial charge is 0.449 e. The Morgan fingerprint density at radius 3 is 2.58 bits per heavy atom. The van der Waals surface area contributed by atoms with Crippen molar-refractivity contribution < 1.29 is 28.2 Å². The molecule has 1 saturated heterocycles. The predicted octanol–water partition coefficient (Wildman–Crippen LogP) is 6.12. The second kappa shape index (κ2) is 11.2. The number of carbonyl (C=O) groups excluding carboxylic acids is 2. The molecule has 40 heavy (non-hydrogen) atoms. The number of nitrogens with zero attached hydrogens (tertiary/aromatic N) is 2. The van der Waals surface area contributed by atoms with Gasteiger partial charge in [-0.3, -0.25) is 14.5 Å². The summed E-state index contributed by atoms with van der Waals surface area (Å²) in [5.74, 6) is -0.714. The molecule has 0 spiro atoms. The van der Waals surface area contributed by atoms with Crippen molar-refractivity contribution >= 4 is 64.3 Å². The molecular weight excluding hydrogens is 611 g/mol. The minimum atomic E-state index is -3.92. The summed E-state index contributed by atoms with van der Waals surface area (Å²) in [7, 11) is 0. The van der Waals surface area contributed by atoms with Gasteiger partial charge in [0.2, 0.25) is 0 Å². The lowest BCUT2D eigenvalue weighted by atomic mass is 10.1. The number of cyclic esters (lactones) is 1. The molecule has 3 heterocycles. The van der Waals surface area contributed by atoms with Gasteiger partial charge in [-0.15, -0.1) is 0 Å². The maximum atomic E-state index is 14.0. The van der Waals surface area contributed by atoms with Crippen LogP contribution < -0.4 is 10.5 Å². The minimum absolute atomic E-state index is 0.0511. The molecular formula is C26H20Cl3F2N3O5S. The Morgan fingerprint density at radius 1 is 1.12 bits per heavy atom. The summed E-state index contributed by atoms with van der Waals surface area (Å²) in [5, 5.41) is 5.84. The summed E-state index contributed by atoms with van der Waals surface area (Å²) in [4.78, 5) is 43.9. The Bertz CT molecular complexity index is 1580. The van der Waals surface area contributed by atoms with E-state index in [-0.39, 0.29) is 32.9 Å². The van der Waals surface area contributed by atoms with Crippen LogP contribution in [0.3, 0.4) is 0 Å². The summed E-state index contributed by atoms with van der Waals surface area (Å²) in [6.07, 6.45) is 0.229. The lowest BCUT2D eigenvalue weighted by Crippen LogP contribution is -2.37. The summed E-state index contributed by atoms with van der Waals surface area (Å²) in [5.41, 5.74) is 0.129. The van der Waals surface area contributed by atoms with E-state index >= 15 is 0 Å². The fraction of sp³-hybridized carbons (Fsp3) is 0.269. The van der Waals surface area contributed by atoms with Gasteiger partial charge in [0.05, 0.1) is 23.3 Å². The Balaban J connectivity index is 1.51. The van der Waals surface area contributed by atoms with E-state index in [2.05, 4.69) is 0 Å². The summed E-state index contributed by atoms with van der Waals surface area (Å²) in [6, 6.07) is 9.19. The molecule has 14 heteroatoms. The van der Waals surface area contributed by atoms with Gasteiger partial charge >= 0.3 is 11.5 Å². The van der Waals surface area contributed by atoms with Gasteiger partial charge < -0.3 is 19.7 Å². The summed E-state index contributed by atoms with van der Waals surface area (Å²) in [6.45, 7) is 0.697. The number of H-pyrrole nitrogens is 1. The van der Waals surface area contributed by atoms with E-state index in [9.17, 15) is 28.3 Å². The van der Waals surface area contributed by atoms with Crippen molar-refractivity contribution in [2.45, 2.75) is 41.3 Å². The molecule has 0 aliphatic carbocycles.